The van der Waals surface area contributed by atoms with Crippen molar-refractivity contribution in [3.8, 4) is 0 Å². The van der Waals surface area contributed by atoms with Crippen LogP contribution in [0.2, 0.25) is 6.82 Å². The molecule has 5 heteroatoms. The zero-order chi connectivity index (χ0) is 8.72. The van der Waals surface area contributed by atoms with E-state index in [1.54, 1.807) is 11.3 Å². The maximum absolute atomic E-state index is 5.76. The third-order valence-corrected chi connectivity index (χ3v) is 3.26. The Kier molecular flexibility index (Phi) is 1.61. The van der Waals surface area contributed by atoms with Crippen molar-refractivity contribution in [2.75, 3.05) is 7.05 Å². The van der Waals surface area contributed by atoms with Crippen LogP contribution in [0.3, 0.4) is 0 Å². The minimum absolute atomic E-state index is 0.354. The average Bonchev–Trinajstić information content (AvgIpc) is 2.48. The number of hydrogen-bond acceptors (Lipinski definition) is 4. The molecule has 1 aliphatic rings. The summed E-state index contributed by atoms with van der Waals surface area (Å²) in [6.07, 6.45) is 0. The van der Waals surface area contributed by atoms with Crippen LogP contribution in [0, 0.1) is 0 Å². The highest BCUT2D eigenvalue weighted by molar-refractivity contribution is 7.22. The summed E-state index contributed by atoms with van der Waals surface area (Å²) >= 11 is 1.74. The average molecular weight is 179 g/mol. The molecule has 12 heavy (non-hydrogen) atoms. The normalized spacial score (nSPS) is 16.0. The first-order valence-electron chi connectivity index (χ1n) is 3.85. The zero-order valence-corrected chi connectivity index (χ0v) is 7.93. The molecule has 2 N–H and O–H groups in total. The fourth-order valence-corrected chi connectivity index (χ4v) is 2.34. The number of fused-ring (bicyclic) bond motifs is 1. The molecule has 2 rings (SSSR count). The van der Waals surface area contributed by atoms with Gasteiger partial charge >= 0.3 is 6.85 Å². The van der Waals surface area contributed by atoms with E-state index in [0.29, 0.717) is 12.7 Å². The molecule has 0 spiro atoms. The van der Waals surface area contributed by atoms with Crippen LogP contribution in [-0.4, -0.2) is 24.7 Å². The van der Waals surface area contributed by atoms with Crippen LogP contribution >= 0.6 is 11.3 Å². The van der Waals surface area contributed by atoms with Crippen LogP contribution < -0.4 is 10.5 Å². The maximum atomic E-state index is 5.76. The molecule has 3 nitrogen and oxygen atoms in total. The molecule has 1 aromatic rings. The van der Waals surface area contributed by atoms with Crippen molar-refractivity contribution in [1.29, 1.82) is 0 Å². The SMILES string of the molecule is CB1c2sccc2C(N)=NN1C. The molecular weight excluding hydrogens is 169 g/mol. The molecule has 0 saturated carbocycles. The lowest BCUT2D eigenvalue weighted by Gasteiger charge is -2.24. The topological polar surface area (TPSA) is 41.6 Å². The van der Waals surface area contributed by atoms with Crippen LogP contribution in [-0.2, 0) is 0 Å². The largest absolute Gasteiger partial charge is 0.382 e. The summed E-state index contributed by atoms with van der Waals surface area (Å²) in [5.74, 6) is 0.631. The standard InChI is InChI=1S/C7H10BN3S/c1-8-6-5(3-4-12-6)7(9)10-11(8)2/h3-4H,1-2H3,(H2,9,10). The Balaban J connectivity index is 2.54. The van der Waals surface area contributed by atoms with Gasteiger partial charge in [-0.2, -0.15) is 16.4 Å². The van der Waals surface area contributed by atoms with E-state index in [0.717, 1.165) is 5.56 Å². The summed E-state index contributed by atoms with van der Waals surface area (Å²) in [6, 6.07) is 2.03. The fourth-order valence-electron chi connectivity index (χ4n) is 1.34. The van der Waals surface area contributed by atoms with E-state index in [1.807, 2.05) is 18.0 Å². The van der Waals surface area contributed by atoms with Crippen molar-refractivity contribution in [3.05, 3.63) is 17.0 Å². The van der Waals surface area contributed by atoms with Crippen molar-refractivity contribution in [1.82, 2.24) is 4.92 Å². The Bertz CT molecular complexity index is 333. The molecule has 1 aliphatic heterocycles. The Morgan fingerprint density at radius 1 is 1.67 bits per heavy atom. The Morgan fingerprint density at radius 2 is 2.42 bits per heavy atom. The monoisotopic (exact) mass is 179 g/mol. The second-order valence-corrected chi connectivity index (χ2v) is 3.88. The van der Waals surface area contributed by atoms with Crippen molar-refractivity contribution in [3.63, 3.8) is 0 Å². The van der Waals surface area contributed by atoms with Crippen molar-refractivity contribution in [2.24, 2.45) is 10.8 Å². The molecule has 0 aliphatic carbocycles. The van der Waals surface area contributed by atoms with E-state index < -0.39 is 0 Å². The lowest BCUT2D eigenvalue weighted by atomic mass is 9.61. The van der Waals surface area contributed by atoms with E-state index in [9.17, 15) is 0 Å². The van der Waals surface area contributed by atoms with E-state index >= 15 is 0 Å². The molecule has 62 valence electrons. The third-order valence-electron chi connectivity index (χ3n) is 2.18. The van der Waals surface area contributed by atoms with Crippen molar-refractivity contribution < 1.29 is 0 Å². The molecule has 0 radical (unpaired) electrons. The van der Waals surface area contributed by atoms with Gasteiger partial charge in [-0.05, 0) is 11.4 Å². The molecule has 0 bridgehead atoms. The second kappa shape index (κ2) is 2.52. The predicted octanol–water partition coefficient (Wildman–Crippen LogP) is 0.142. The summed E-state index contributed by atoms with van der Waals surface area (Å²) in [7, 11) is 1.94. The molecular formula is C7H10BN3S. The summed E-state index contributed by atoms with van der Waals surface area (Å²) in [4.78, 5) is 1.90. The van der Waals surface area contributed by atoms with Gasteiger partial charge in [0.15, 0.2) is 0 Å². The van der Waals surface area contributed by atoms with Crippen LogP contribution in [0.4, 0.5) is 0 Å². The summed E-state index contributed by atoms with van der Waals surface area (Å²) in [5.41, 5.74) is 6.86. The van der Waals surface area contributed by atoms with Crippen LogP contribution in [0.5, 0.6) is 0 Å². The maximum Gasteiger partial charge on any atom is 0.316 e. The van der Waals surface area contributed by atoms with Crippen molar-refractivity contribution in [2.45, 2.75) is 6.82 Å². The van der Waals surface area contributed by atoms with E-state index in [-0.39, 0.29) is 0 Å². The number of nitrogens with zero attached hydrogens (tertiary/aromatic N) is 2. The first-order chi connectivity index (χ1) is 5.70. The zero-order valence-electron chi connectivity index (χ0n) is 7.11. The van der Waals surface area contributed by atoms with E-state index in [2.05, 4.69) is 17.3 Å². The van der Waals surface area contributed by atoms with Gasteiger partial charge in [-0.15, -0.1) is 0 Å². The van der Waals surface area contributed by atoms with Crippen LogP contribution in [0.1, 0.15) is 5.56 Å². The Morgan fingerprint density at radius 3 is 3.17 bits per heavy atom. The molecule has 1 aromatic heterocycles. The lowest BCUT2D eigenvalue weighted by Crippen LogP contribution is -2.47. The second-order valence-electron chi connectivity index (χ2n) is 2.93. The number of amidine groups is 1. The van der Waals surface area contributed by atoms with Gasteiger partial charge in [-0.3, -0.25) is 0 Å². The fraction of sp³-hybridized carbons (Fsp3) is 0.286. The highest BCUT2D eigenvalue weighted by Crippen LogP contribution is 2.11. The van der Waals surface area contributed by atoms with Crippen LogP contribution in [0.15, 0.2) is 16.5 Å². The van der Waals surface area contributed by atoms with Gasteiger partial charge in [0.1, 0.15) is 5.84 Å². The molecule has 2 heterocycles. The van der Waals surface area contributed by atoms with Gasteiger partial charge in [-0.25, -0.2) is 0 Å². The van der Waals surface area contributed by atoms with Gasteiger partial charge in [0.05, 0.1) is 0 Å². The highest BCUT2D eigenvalue weighted by Gasteiger charge is 2.26. The van der Waals surface area contributed by atoms with Gasteiger partial charge in [0.2, 0.25) is 0 Å². The minimum Gasteiger partial charge on any atom is -0.382 e. The summed E-state index contributed by atoms with van der Waals surface area (Å²) in [5, 5.41) is 6.27. The van der Waals surface area contributed by atoms with E-state index in [1.165, 1.54) is 4.78 Å². The molecule has 0 atom stereocenters. The van der Waals surface area contributed by atoms with Gasteiger partial charge in [-0.1, -0.05) is 6.82 Å². The number of nitrogens with two attached hydrogens (primary N) is 1. The summed E-state index contributed by atoms with van der Waals surface area (Å²) in [6.45, 7) is 2.48. The van der Waals surface area contributed by atoms with Gasteiger partial charge in [0, 0.05) is 17.4 Å². The first kappa shape index (κ1) is 7.67. The minimum atomic E-state index is 0.354. The highest BCUT2D eigenvalue weighted by atomic mass is 32.1. The number of thiophene rings is 1. The number of rotatable bonds is 0. The third kappa shape index (κ3) is 0.931. The molecule has 0 saturated heterocycles. The quantitative estimate of drug-likeness (QED) is 0.575. The van der Waals surface area contributed by atoms with Crippen molar-refractivity contribution >= 4 is 28.8 Å². The molecule has 0 amide bonds. The Hall–Kier alpha value is -0.965. The molecule has 0 fully saturated rings. The van der Waals surface area contributed by atoms with Gasteiger partial charge in [0.25, 0.3) is 0 Å². The lowest BCUT2D eigenvalue weighted by molar-refractivity contribution is 0.567. The predicted molar refractivity (Wildman–Crippen MR) is 54.1 cm³/mol. The molecule has 0 aromatic carbocycles. The first-order valence-corrected chi connectivity index (χ1v) is 4.73. The summed E-state index contributed by atoms with van der Waals surface area (Å²) < 4.78 is 1.31. The van der Waals surface area contributed by atoms with Gasteiger partial charge < -0.3 is 10.7 Å². The number of hydrogen-bond donors (Lipinski definition) is 1. The molecule has 0 unspecified atom stereocenters. The smallest absolute Gasteiger partial charge is 0.316 e. The number of hydrazone groups is 1. The van der Waals surface area contributed by atoms with E-state index in [4.69, 9.17) is 5.73 Å². The van der Waals surface area contributed by atoms with Crippen LogP contribution in [0.25, 0.3) is 0 Å². The Labute approximate surface area is 76.0 Å².